The van der Waals surface area contributed by atoms with Crippen molar-refractivity contribution in [3.8, 4) is 5.88 Å². The first-order valence-corrected chi connectivity index (χ1v) is 4.97. The Morgan fingerprint density at radius 2 is 1.87 bits per heavy atom. The molecular weight excluding hydrogens is 192 g/mol. The largest absolute Gasteiger partial charge is 0.477 e. The number of aromatic nitrogens is 4. The van der Waals surface area contributed by atoms with Crippen molar-refractivity contribution in [3.05, 3.63) is 17.0 Å². The van der Waals surface area contributed by atoms with Crippen molar-refractivity contribution >= 4 is 5.65 Å². The van der Waals surface area contributed by atoms with E-state index in [2.05, 4.69) is 15.3 Å². The van der Waals surface area contributed by atoms with Gasteiger partial charge >= 0.3 is 0 Å². The number of ether oxygens (including phenoxy) is 1. The molecule has 0 bridgehead atoms. The van der Waals surface area contributed by atoms with Crippen LogP contribution in [0.15, 0.2) is 0 Å². The van der Waals surface area contributed by atoms with Gasteiger partial charge in [-0.2, -0.15) is 4.52 Å². The third-order valence-electron chi connectivity index (χ3n) is 2.49. The van der Waals surface area contributed by atoms with Gasteiger partial charge in [0.15, 0.2) is 11.5 Å². The summed E-state index contributed by atoms with van der Waals surface area (Å²) in [6, 6.07) is 0. The molecule has 80 valence electrons. The number of fused-ring (bicyclic) bond motifs is 1. The summed E-state index contributed by atoms with van der Waals surface area (Å²) in [5.41, 5.74) is 2.89. The molecular formula is C10H14N4O. The summed E-state index contributed by atoms with van der Waals surface area (Å²) in [4.78, 5) is 0. The average molecular weight is 206 g/mol. The Morgan fingerprint density at radius 1 is 1.13 bits per heavy atom. The number of hydrogen-bond donors (Lipinski definition) is 0. The minimum absolute atomic E-state index is 0.611. The van der Waals surface area contributed by atoms with E-state index in [-0.39, 0.29) is 0 Å². The third kappa shape index (κ3) is 1.44. The lowest BCUT2D eigenvalue weighted by atomic mass is 10.2. The number of rotatable bonds is 2. The first-order chi connectivity index (χ1) is 7.15. The SMILES string of the molecule is CCOc1nn2c(C)nnc2c(C)c1C. The Balaban J connectivity index is 2.73. The van der Waals surface area contributed by atoms with Crippen molar-refractivity contribution in [3.63, 3.8) is 0 Å². The van der Waals surface area contributed by atoms with E-state index in [4.69, 9.17) is 4.74 Å². The predicted molar refractivity (Wildman–Crippen MR) is 56.2 cm³/mol. The smallest absolute Gasteiger partial charge is 0.235 e. The molecule has 0 N–H and O–H groups in total. The highest BCUT2D eigenvalue weighted by atomic mass is 16.5. The predicted octanol–water partition coefficient (Wildman–Crippen LogP) is 1.45. The van der Waals surface area contributed by atoms with Crippen LogP contribution >= 0.6 is 0 Å². The second kappa shape index (κ2) is 3.49. The summed E-state index contributed by atoms with van der Waals surface area (Å²) in [6.45, 7) is 8.41. The first kappa shape index (κ1) is 9.89. The lowest BCUT2D eigenvalue weighted by Gasteiger charge is -2.08. The van der Waals surface area contributed by atoms with Crippen LogP contribution in [0.4, 0.5) is 0 Å². The summed E-state index contributed by atoms with van der Waals surface area (Å²) in [5, 5.41) is 12.4. The van der Waals surface area contributed by atoms with Crippen molar-refractivity contribution in [1.82, 2.24) is 19.8 Å². The van der Waals surface area contributed by atoms with E-state index >= 15 is 0 Å². The lowest BCUT2D eigenvalue weighted by molar-refractivity contribution is 0.318. The second-order valence-electron chi connectivity index (χ2n) is 3.47. The molecule has 5 heteroatoms. The van der Waals surface area contributed by atoms with Gasteiger partial charge in [-0.05, 0) is 27.7 Å². The summed E-state index contributed by atoms with van der Waals surface area (Å²) < 4.78 is 7.18. The summed E-state index contributed by atoms with van der Waals surface area (Å²) >= 11 is 0. The fraction of sp³-hybridized carbons (Fsp3) is 0.500. The molecule has 0 radical (unpaired) electrons. The molecule has 0 saturated carbocycles. The summed E-state index contributed by atoms with van der Waals surface area (Å²) in [6.07, 6.45) is 0. The molecule has 2 aromatic heterocycles. The molecule has 0 amide bonds. The van der Waals surface area contributed by atoms with Crippen molar-refractivity contribution < 1.29 is 4.74 Å². The van der Waals surface area contributed by atoms with E-state index in [1.165, 1.54) is 0 Å². The third-order valence-corrected chi connectivity index (χ3v) is 2.49. The molecule has 0 aromatic carbocycles. The van der Waals surface area contributed by atoms with Crippen molar-refractivity contribution in [1.29, 1.82) is 0 Å². The van der Waals surface area contributed by atoms with Gasteiger partial charge in [0, 0.05) is 11.1 Å². The van der Waals surface area contributed by atoms with Gasteiger partial charge in [-0.3, -0.25) is 0 Å². The molecule has 0 spiro atoms. The normalized spacial score (nSPS) is 10.9. The quantitative estimate of drug-likeness (QED) is 0.746. The van der Waals surface area contributed by atoms with Crippen LogP contribution in [0.1, 0.15) is 23.9 Å². The molecule has 0 aliphatic heterocycles. The van der Waals surface area contributed by atoms with E-state index in [1.807, 2.05) is 27.7 Å². The van der Waals surface area contributed by atoms with Crippen molar-refractivity contribution in [2.24, 2.45) is 0 Å². The van der Waals surface area contributed by atoms with E-state index in [0.717, 1.165) is 22.6 Å². The van der Waals surface area contributed by atoms with Crippen LogP contribution in [0.5, 0.6) is 5.88 Å². The molecule has 2 aromatic rings. The maximum absolute atomic E-state index is 5.46. The van der Waals surface area contributed by atoms with Crippen LogP contribution in [0, 0.1) is 20.8 Å². The molecule has 0 saturated heterocycles. The zero-order valence-corrected chi connectivity index (χ0v) is 9.40. The first-order valence-electron chi connectivity index (χ1n) is 4.97. The molecule has 5 nitrogen and oxygen atoms in total. The highest BCUT2D eigenvalue weighted by Gasteiger charge is 2.12. The van der Waals surface area contributed by atoms with Crippen LogP contribution in [-0.4, -0.2) is 26.4 Å². The van der Waals surface area contributed by atoms with Crippen LogP contribution in [0.25, 0.3) is 5.65 Å². The van der Waals surface area contributed by atoms with Gasteiger partial charge in [0.2, 0.25) is 5.88 Å². The van der Waals surface area contributed by atoms with Crippen LogP contribution in [-0.2, 0) is 0 Å². The minimum Gasteiger partial charge on any atom is -0.477 e. The number of nitrogens with zero attached hydrogens (tertiary/aromatic N) is 4. The molecule has 2 rings (SSSR count). The van der Waals surface area contributed by atoms with E-state index in [1.54, 1.807) is 4.52 Å². The molecule has 0 atom stereocenters. The Kier molecular flexibility index (Phi) is 2.30. The highest BCUT2D eigenvalue weighted by molar-refractivity contribution is 5.52. The summed E-state index contributed by atoms with van der Waals surface area (Å²) in [5.74, 6) is 1.43. The lowest BCUT2D eigenvalue weighted by Crippen LogP contribution is -2.05. The van der Waals surface area contributed by atoms with Crippen molar-refractivity contribution in [2.45, 2.75) is 27.7 Å². The van der Waals surface area contributed by atoms with Gasteiger partial charge < -0.3 is 4.74 Å². The van der Waals surface area contributed by atoms with Crippen LogP contribution in [0.2, 0.25) is 0 Å². The maximum atomic E-state index is 5.46. The fourth-order valence-electron chi connectivity index (χ4n) is 1.48. The Labute approximate surface area is 88.1 Å². The van der Waals surface area contributed by atoms with Crippen LogP contribution in [0.3, 0.4) is 0 Å². The molecule has 0 aliphatic carbocycles. The van der Waals surface area contributed by atoms with E-state index in [0.29, 0.717) is 12.5 Å². The van der Waals surface area contributed by atoms with Gasteiger partial charge in [-0.15, -0.1) is 15.3 Å². The monoisotopic (exact) mass is 206 g/mol. The van der Waals surface area contributed by atoms with Gasteiger partial charge in [0.05, 0.1) is 6.61 Å². The van der Waals surface area contributed by atoms with Crippen molar-refractivity contribution in [2.75, 3.05) is 6.61 Å². The molecule has 2 heterocycles. The number of hydrogen-bond acceptors (Lipinski definition) is 4. The minimum atomic E-state index is 0.611. The van der Waals surface area contributed by atoms with E-state index in [9.17, 15) is 0 Å². The molecule has 0 aliphatic rings. The Hall–Kier alpha value is -1.65. The molecule has 0 fully saturated rings. The Bertz CT molecular complexity index is 504. The topological polar surface area (TPSA) is 52.3 Å². The van der Waals surface area contributed by atoms with Crippen LogP contribution < -0.4 is 4.74 Å². The maximum Gasteiger partial charge on any atom is 0.235 e. The number of aryl methyl sites for hydroxylation is 2. The van der Waals surface area contributed by atoms with E-state index < -0.39 is 0 Å². The van der Waals surface area contributed by atoms with Gasteiger partial charge in [0.25, 0.3) is 0 Å². The zero-order valence-electron chi connectivity index (χ0n) is 9.40. The Morgan fingerprint density at radius 3 is 2.53 bits per heavy atom. The van der Waals surface area contributed by atoms with Gasteiger partial charge in [-0.1, -0.05) is 0 Å². The highest BCUT2D eigenvalue weighted by Crippen LogP contribution is 2.21. The average Bonchev–Trinajstić information content (AvgIpc) is 2.57. The van der Waals surface area contributed by atoms with Gasteiger partial charge in [0.1, 0.15) is 0 Å². The zero-order chi connectivity index (χ0) is 11.0. The standard InChI is InChI=1S/C10H14N4O/c1-5-15-10-7(3)6(2)9-12-11-8(4)14(9)13-10/h5H2,1-4H3. The molecule has 0 unspecified atom stereocenters. The van der Waals surface area contributed by atoms with Gasteiger partial charge in [-0.25, -0.2) is 0 Å². The fourth-order valence-corrected chi connectivity index (χ4v) is 1.48. The summed E-state index contributed by atoms with van der Waals surface area (Å²) in [7, 11) is 0. The molecule has 15 heavy (non-hydrogen) atoms. The second-order valence-corrected chi connectivity index (χ2v) is 3.47.